The topological polar surface area (TPSA) is 9.23 Å². The van der Waals surface area contributed by atoms with Gasteiger partial charge in [0.1, 0.15) is 11.9 Å². The average molecular weight is 336 g/mol. The normalized spacial score (nSPS) is 13.6. The van der Waals surface area contributed by atoms with Crippen LogP contribution in [0.25, 0.3) is 0 Å². The zero-order valence-corrected chi connectivity index (χ0v) is 13.8. The molecular formula is C19H21F3NO+. The van der Waals surface area contributed by atoms with E-state index < -0.39 is 11.7 Å². The SMILES string of the molecule is [CH][N+](C)(C)CCC(Oc1ccc(C(F)(F)F)cc1)c1ccccc1. The fourth-order valence-corrected chi connectivity index (χ4v) is 2.30. The summed E-state index contributed by atoms with van der Waals surface area (Å²) in [5.74, 6) is 0.402. The fourth-order valence-electron chi connectivity index (χ4n) is 2.30. The summed E-state index contributed by atoms with van der Waals surface area (Å²) in [5.41, 5.74) is 0.275. The van der Waals surface area contributed by atoms with Crippen LogP contribution in [-0.4, -0.2) is 25.1 Å². The smallest absolute Gasteiger partial charge is 0.416 e. The summed E-state index contributed by atoms with van der Waals surface area (Å²) in [6, 6.07) is 14.3. The number of benzene rings is 2. The third kappa shape index (κ3) is 5.57. The van der Waals surface area contributed by atoms with E-state index in [9.17, 15) is 13.2 Å². The molecule has 0 bridgehead atoms. The maximum absolute atomic E-state index is 12.6. The van der Waals surface area contributed by atoms with E-state index in [1.54, 1.807) is 0 Å². The molecule has 0 heterocycles. The molecule has 0 aromatic heterocycles. The highest BCUT2D eigenvalue weighted by Crippen LogP contribution is 2.32. The molecule has 2 radical (unpaired) electrons. The van der Waals surface area contributed by atoms with Crippen LogP contribution in [-0.2, 0) is 6.18 Å². The molecule has 1 atom stereocenters. The number of quaternary nitrogens is 1. The summed E-state index contributed by atoms with van der Waals surface area (Å²) in [4.78, 5) is 0. The Bertz CT molecular complexity index is 630. The largest absolute Gasteiger partial charge is 0.486 e. The van der Waals surface area contributed by atoms with Gasteiger partial charge >= 0.3 is 6.18 Å². The molecule has 0 amide bonds. The van der Waals surface area contributed by atoms with Gasteiger partial charge in [-0.3, -0.25) is 0 Å². The van der Waals surface area contributed by atoms with Crippen LogP contribution in [0.1, 0.15) is 23.7 Å². The van der Waals surface area contributed by atoms with Crippen LogP contribution in [0.3, 0.4) is 0 Å². The monoisotopic (exact) mass is 336 g/mol. The Kier molecular flexibility index (Phi) is 5.54. The molecule has 0 aliphatic heterocycles. The molecule has 1 unspecified atom stereocenters. The van der Waals surface area contributed by atoms with Crippen molar-refractivity contribution in [3.8, 4) is 5.75 Å². The first-order chi connectivity index (χ1) is 11.1. The molecule has 24 heavy (non-hydrogen) atoms. The lowest BCUT2D eigenvalue weighted by atomic mass is 10.1. The second kappa shape index (κ2) is 7.26. The highest BCUT2D eigenvalue weighted by atomic mass is 19.4. The second-order valence-corrected chi connectivity index (χ2v) is 6.33. The van der Waals surface area contributed by atoms with Gasteiger partial charge in [0, 0.05) is 6.42 Å². The molecule has 0 saturated carbocycles. The van der Waals surface area contributed by atoms with Crippen LogP contribution in [0.4, 0.5) is 13.2 Å². The van der Waals surface area contributed by atoms with Crippen molar-refractivity contribution in [2.75, 3.05) is 20.6 Å². The Morgan fingerprint density at radius 2 is 1.58 bits per heavy atom. The van der Waals surface area contributed by atoms with Crippen molar-refractivity contribution in [3.05, 3.63) is 72.8 Å². The number of alkyl halides is 3. The van der Waals surface area contributed by atoms with Crippen molar-refractivity contribution in [1.29, 1.82) is 0 Å². The van der Waals surface area contributed by atoms with E-state index in [-0.39, 0.29) is 6.10 Å². The third-order valence-corrected chi connectivity index (χ3v) is 3.60. The second-order valence-electron chi connectivity index (χ2n) is 6.33. The van der Waals surface area contributed by atoms with E-state index in [2.05, 4.69) is 0 Å². The summed E-state index contributed by atoms with van der Waals surface area (Å²) in [6.45, 7) is 0.667. The predicted molar refractivity (Wildman–Crippen MR) is 87.1 cm³/mol. The van der Waals surface area contributed by atoms with Crippen LogP contribution in [0.2, 0.25) is 0 Å². The van der Waals surface area contributed by atoms with E-state index in [4.69, 9.17) is 11.8 Å². The lowest BCUT2D eigenvalue weighted by molar-refractivity contribution is -0.846. The van der Waals surface area contributed by atoms with Crippen LogP contribution in [0.5, 0.6) is 5.75 Å². The van der Waals surface area contributed by atoms with Gasteiger partial charge in [0.15, 0.2) is 0 Å². The lowest BCUT2D eigenvalue weighted by Gasteiger charge is -2.26. The third-order valence-electron chi connectivity index (χ3n) is 3.60. The molecule has 0 N–H and O–H groups in total. The molecule has 5 heteroatoms. The number of nitrogens with zero attached hydrogens (tertiary/aromatic N) is 1. The lowest BCUT2D eigenvalue weighted by Crippen LogP contribution is -2.34. The Balaban J connectivity index is 2.16. The minimum atomic E-state index is -4.35. The molecule has 0 spiro atoms. The van der Waals surface area contributed by atoms with Crippen LogP contribution in [0.15, 0.2) is 54.6 Å². The van der Waals surface area contributed by atoms with E-state index in [1.807, 2.05) is 44.4 Å². The van der Waals surface area contributed by atoms with Crippen molar-refractivity contribution in [2.24, 2.45) is 0 Å². The van der Waals surface area contributed by atoms with E-state index in [1.165, 1.54) is 12.1 Å². The van der Waals surface area contributed by atoms with Gasteiger partial charge in [-0.1, -0.05) is 30.3 Å². The van der Waals surface area contributed by atoms with Crippen LogP contribution >= 0.6 is 0 Å². The maximum Gasteiger partial charge on any atom is 0.416 e. The van der Waals surface area contributed by atoms with E-state index in [0.29, 0.717) is 23.2 Å². The van der Waals surface area contributed by atoms with E-state index in [0.717, 1.165) is 17.7 Å². The molecule has 128 valence electrons. The number of ether oxygens (including phenoxy) is 1. The number of rotatable bonds is 6. The molecular weight excluding hydrogens is 315 g/mol. The van der Waals surface area contributed by atoms with Crippen LogP contribution < -0.4 is 4.74 Å². The van der Waals surface area contributed by atoms with Gasteiger partial charge < -0.3 is 9.22 Å². The van der Waals surface area contributed by atoms with Gasteiger partial charge in [0.05, 0.1) is 26.2 Å². The summed E-state index contributed by atoms with van der Waals surface area (Å²) in [6.07, 6.45) is -3.98. The predicted octanol–water partition coefficient (Wildman–Crippen LogP) is 4.96. The number of hydrogen-bond acceptors (Lipinski definition) is 1. The van der Waals surface area contributed by atoms with Gasteiger partial charge in [-0.2, -0.15) is 13.2 Å². The van der Waals surface area contributed by atoms with Crippen molar-refractivity contribution in [3.63, 3.8) is 0 Å². The quantitative estimate of drug-likeness (QED) is 0.678. The van der Waals surface area contributed by atoms with Gasteiger partial charge in [0.25, 0.3) is 0 Å². The molecule has 2 aromatic carbocycles. The minimum Gasteiger partial charge on any atom is -0.486 e. The number of hydrogen-bond donors (Lipinski definition) is 0. The molecule has 2 aromatic rings. The Morgan fingerprint density at radius 3 is 2.08 bits per heavy atom. The summed E-state index contributed by atoms with van der Waals surface area (Å²) >= 11 is 0. The molecule has 0 saturated heterocycles. The minimum absolute atomic E-state index is 0.274. The summed E-state index contributed by atoms with van der Waals surface area (Å²) in [5, 5.41) is 0. The molecule has 0 fully saturated rings. The summed E-state index contributed by atoms with van der Waals surface area (Å²) in [7, 11) is 9.73. The van der Waals surface area contributed by atoms with Gasteiger partial charge in [-0.15, -0.1) is 0 Å². The average Bonchev–Trinajstić information content (AvgIpc) is 2.51. The van der Waals surface area contributed by atoms with Crippen molar-refractivity contribution in [1.82, 2.24) is 0 Å². The van der Waals surface area contributed by atoms with Crippen molar-refractivity contribution < 1.29 is 22.4 Å². The van der Waals surface area contributed by atoms with Gasteiger partial charge in [-0.05, 0) is 29.8 Å². The summed E-state index contributed by atoms with van der Waals surface area (Å²) < 4.78 is 44.1. The highest BCUT2D eigenvalue weighted by molar-refractivity contribution is 5.30. The molecule has 2 rings (SSSR count). The van der Waals surface area contributed by atoms with Crippen molar-refractivity contribution >= 4 is 0 Å². The zero-order chi connectivity index (χ0) is 17.8. The first kappa shape index (κ1) is 18.3. The van der Waals surface area contributed by atoms with Crippen molar-refractivity contribution in [2.45, 2.75) is 18.7 Å². The Labute approximate surface area is 141 Å². The molecule has 0 aliphatic carbocycles. The standard InChI is InChI=1S/C19H21F3NO/c1-23(2,3)14-13-18(15-7-5-4-6-8-15)24-17-11-9-16(10-12-17)19(20,21)22/h1,4-12,18H,13-14H2,2-3H3/q+1. The Morgan fingerprint density at radius 1 is 1.00 bits per heavy atom. The van der Waals surface area contributed by atoms with E-state index >= 15 is 0 Å². The molecule has 0 aliphatic rings. The number of halogens is 3. The first-order valence-corrected chi connectivity index (χ1v) is 7.65. The zero-order valence-electron chi connectivity index (χ0n) is 13.8. The van der Waals surface area contributed by atoms with Gasteiger partial charge in [0.2, 0.25) is 7.05 Å². The van der Waals surface area contributed by atoms with Crippen LogP contribution in [0, 0.1) is 7.05 Å². The maximum atomic E-state index is 12.6. The highest BCUT2D eigenvalue weighted by Gasteiger charge is 2.30. The van der Waals surface area contributed by atoms with Gasteiger partial charge in [-0.25, -0.2) is 0 Å². The first-order valence-electron chi connectivity index (χ1n) is 7.65. The fraction of sp³-hybridized carbons (Fsp3) is 0.316. The molecule has 2 nitrogen and oxygen atoms in total. The Hall–Kier alpha value is -2.01.